The lowest BCUT2D eigenvalue weighted by molar-refractivity contribution is 0.290. The molecule has 0 bridgehead atoms. The van der Waals surface area contributed by atoms with Crippen molar-refractivity contribution in [3.8, 4) is 0 Å². The first-order valence-electron chi connectivity index (χ1n) is 5.54. The predicted molar refractivity (Wildman–Crippen MR) is 65.4 cm³/mol. The van der Waals surface area contributed by atoms with E-state index in [2.05, 4.69) is 4.90 Å². The number of hydrogen-bond donors (Lipinski definition) is 2. The van der Waals surface area contributed by atoms with Gasteiger partial charge in [-0.25, -0.2) is 13.6 Å². The van der Waals surface area contributed by atoms with Crippen LogP contribution in [0.4, 0.5) is 5.69 Å². The van der Waals surface area contributed by atoms with Crippen LogP contribution in [0, 0.1) is 0 Å². The minimum Gasteiger partial charge on any atom is -0.396 e. The molecule has 1 aliphatic rings. The highest BCUT2D eigenvalue weighted by atomic mass is 32.2. The van der Waals surface area contributed by atoms with Gasteiger partial charge in [-0.2, -0.15) is 0 Å². The third-order valence-electron chi connectivity index (χ3n) is 2.96. The van der Waals surface area contributed by atoms with Crippen LogP contribution >= 0.6 is 0 Å². The van der Waals surface area contributed by atoms with Gasteiger partial charge in [0.2, 0.25) is 10.0 Å². The molecule has 6 heteroatoms. The molecule has 1 aromatic carbocycles. The summed E-state index contributed by atoms with van der Waals surface area (Å²) < 4.78 is 22.4. The lowest BCUT2D eigenvalue weighted by atomic mass is 10.2. The second kappa shape index (κ2) is 4.64. The van der Waals surface area contributed by atoms with Crippen LogP contribution in [0.2, 0.25) is 0 Å². The summed E-state index contributed by atoms with van der Waals surface area (Å²) in [7, 11) is -3.62. The van der Waals surface area contributed by atoms with E-state index in [1.165, 1.54) is 6.07 Å². The van der Waals surface area contributed by atoms with Gasteiger partial charge in [0.1, 0.15) is 0 Å². The lowest BCUT2D eigenvalue weighted by Gasteiger charge is -2.18. The second-order valence-electron chi connectivity index (χ2n) is 4.15. The zero-order chi connectivity index (χ0) is 12.5. The number of rotatable bonds is 4. The van der Waals surface area contributed by atoms with Crippen LogP contribution in [-0.2, 0) is 16.4 Å². The molecule has 0 unspecified atom stereocenters. The summed E-state index contributed by atoms with van der Waals surface area (Å²) in [6.07, 6.45) is 1.54. The maximum Gasteiger partial charge on any atom is 0.238 e. The molecule has 0 radical (unpaired) electrons. The third kappa shape index (κ3) is 2.59. The van der Waals surface area contributed by atoms with Gasteiger partial charge < -0.3 is 10.0 Å². The molecule has 0 atom stereocenters. The summed E-state index contributed by atoms with van der Waals surface area (Å²) in [6, 6.07) is 4.97. The minimum atomic E-state index is -3.62. The van der Waals surface area contributed by atoms with Gasteiger partial charge in [0.15, 0.2) is 0 Å². The molecule has 0 fully saturated rings. The Morgan fingerprint density at radius 2 is 2.18 bits per heavy atom. The standard InChI is InChI=1S/C11H16N2O3S/c12-17(15,16)10-2-3-11-9(8-10)4-6-13(11)5-1-7-14/h2-3,8,14H,1,4-7H2,(H2,12,15,16). The quantitative estimate of drug-likeness (QED) is 0.799. The number of fused-ring (bicyclic) bond motifs is 1. The number of nitrogens with two attached hydrogens (primary N) is 1. The van der Waals surface area contributed by atoms with E-state index in [-0.39, 0.29) is 11.5 Å². The summed E-state index contributed by atoms with van der Waals surface area (Å²) in [6.45, 7) is 1.82. The van der Waals surface area contributed by atoms with E-state index in [0.717, 1.165) is 37.2 Å². The van der Waals surface area contributed by atoms with Crippen molar-refractivity contribution in [1.82, 2.24) is 0 Å². The molecule has 0 aromatic heterocycles. The van der Waals surface area contributed by atoms with Crippen molar-refractivity contribution in [2.24, 2.45) is 5.14 Å². The molecule has 0 saturated heterocycles. The fraction of sp³-hybridized carbons (Fsp3) is 0.455. The number of benzene rings is 1. The first-order valence-corrected chi connectivity index (χ1v) is 7.08. The largest absolute Gasteiger partial charge is 0.396 e. The molecule has 1 aliphatic heterocycles. The topological polar surface area (TPSA) is 83.6 Å². The van der Waals surface area contributed by atoms with Crippen molar-refractivity contribution in [2.75, 3.05) is 24.6 Å². The average Bonchev–Trinajstić information content (AvgIpc) is 2.67. The first-order chi connectivity index (χ1) is 8.02. The number of aliphatic hydroxyl groups excluding tert-OH is 1. The van der Waals surface area contributed by atoms with Crippen LogP contribution in [0.1, 0.15) is 12.0 Å². The molecule has 17 heavy (non-hydrogen) atoms. The second-order valence-corrected chi connectivity index (χ2v) is 5.71. The molecule has 0 amide bonds. The van der Waals surface area contributed by atoms with Crippen LogP contribution in [0.5, 0.6) is 0 Å². The monoisotopic (exact) mass is 256 g/mol. The van der Waals surface area contributed by atoms with Gasteiger partial charge in [-0.1, -0.05) is 0 Å². The number of primary sulfonamides is 1. The third-order valence-corrected chi connectivity index (χ3v) is 3.87. The molecule has 5 nitrogen and oxygen atoms in total. The Morgan fingerprint density at radius 1 is 1.41 bits per heavy atom. The number of sulfonamides is 1. The summed E-state index contributed by atoms with van der Waals surface area (Å²) >= 11 is 0. The number of anilines is 1. The summed E-state index contributed by atoms with van der Waals surface area (Å²) in [4.78, 5) is 2.32. The number of aliphatic hydroxyl groups is 1. The van der Waals surface area contributed by atoms with E-state index < -0.39 is 10.0 Å². The SMILES string of the molecule is NS(=O)(=O)c1ccc2c(c1)CCN2CCCO. The van der Waals surface area contributed by atoms with E-state index in [0.29, 0.717) is 0 Å². The maximum atomic E-state index is 11.2. The minimum absolute atomic E-state index is 0.167. The van der Waals surface area contributed by atoms with Crippen molar-refractivity contribution < 1.29 is 13.5 Å². The van der Waals surface area contributed by atoms with Crippen LogP contribution in [0.25, 0.3) is 0 Å². The first kappa shape index (κ1) is 12.3. The molecule has 0 saturated carbocycles. The molecule has 2 rings (SSSR count). The van der Waals surface area contributed by atoms with Crippen molar-refractivity contribution in [2.45, 2.75) is 17.7 Å². The van der Waals surface area contributed by atoms with Gasteiger partial charge in [-0.05, 0) is 36.6 Å². The molecular weight excluding hydrogens is 240 g/mol. The maximum absolute atomic E-state index is 11.2. The number of hydrogen-bond acceptors (Lipinski definition) is 4. The van der Waals surface area contributed by atoms with E-state index in [9.17, 15) is 8.42 Å². The van der Waals surface area contributed by atoms with E-state index in [4.69, 9.17) is 10.2 Å². The average molecular weight is 256 g/mol. The molecule has 94 valence electrons. The molecule has 1 aromatic rings. The summed E-state index contributed by atoms with van der Waals surface area (Å²) in [5.74, 6) is 0. The highest BCUT2D eigenvalue weighted by Crippen LogP contribution is 2.29. The fourth-order valence-electron chi connectivity index (χ4n) is 2.12. The van der Waals surface area contributed by atoms with Crippen molar-refractivity contribution in [1.29, 1.82) is 0 Å². The Labute approximate surface area is 101 Å². The zero-order valence-corrected chi connectivity index (χ0v) is 10.3. The van der Waals surface area contributed by atoms with Crippen LogP contribution < -0.4 is 10.0 Å². The van der Waals surface area contributed by atoms with Gasteiger partial charge in [-0.15, -0.1) is 0 Å². The molecule has 3 N–H and O–H groups in total. The van der Waals surface area contributed by atoms with E-state index >= 15 is 0 Å². The molecule has 1 heterocycles. The fourth-order valence-corrected chi connectivity index (χ4v) is 2.68. The Balaban J connectivity index is 2.26. The normalized spacial score (nSPS) is 15.1. The smallest absolute Gasteiger partial charge is 0.238 e. The van der Waals surface area contributed by atoms with Crippen molar-refractivity contribution in [3.63, 3.8) is 0 Å². The van der Waals surface area contributed by atoms with Gasteiger partial charge >= 0.3 is 0 Å². The van der Waals surface area contributed by atoms with Crippen LogP contribution in [0.3, 0.4) is 0 Å². The Morgan fingerprint density at radius 3 is 2.82 bits per heavy atom. The highest BCUT2D eigenvalue weighted by molar-refractivity contribution is 7.89. The molecule has 0 spiro atoms. The van der Waals surface area contributed by atoms with Crippen LogP contribution in [0.15, 0.2) is 23.1 Å². The highest BCUT2D eigenvalue weighted by Gasteiger charge is 2.20. The van der Waals surface area contributed by atoms with Crippen molar-refractivity contribution >= 4 is 15.7 Å². The van der Waals surface area contributed by atoms with Gasteiger partial charge in [-0.3, -0.25) is 0 Å². The molecular formula is C11H16N2O3S. The van der Waals surface area contributed by atoms with Gasteiger partial charge in [0.05, 0.1) is 4.90 Å². The van der Waals surface area contributed by atoms with Crippen LogP contribution in [-0.4, -0.2) is 33.2 Å². The van der Waals surface area contributed by atoms with Crippen molar-refractivity contribution in [3.05, 3.63) is 23.8 Å². The van der Waals surface area contributed by atoms with Gasteiger partial charge in [0.25, 0.3) is 0 Å². The van der Waals surface area contributed by atoms with E-state index in [1.807, 2.05) is 0 Å². The Hall–Kier alpha value is -1.11. The summed E-state index contributed by atoms with van der Waals surface area (Å²) in [5.41, 5.74) is 2.06. The Bertz CT molecular complexity index is 513. The zero-order valence-electron chi connectivity index (χ0n) is 9.46. The Kier molecular flexibility index (Phi) is 3.37. The lowest BCUT2D eigenvalue weighted by Crippen LogP contribution is -2.22. The predicted octanol–water partition coefficient (Wildman–Crippen LogP) is 0.0789. The van der Waals surface area contributed by atoms with E-state index in [1.54, 1.807) is 12.1 Å². The number of nitrogens with zero attached hydrogens (tertiary/aromatic N) is 1. The molecule has 0 aliphatic carbocycles. The van der Waals surface area contributed by atoms with Gasteiger partial charge in [0, 0.05) is 25.4 Å². The summed E-state index contributed by atoms with van der Waals surface area (Å²) in [5, 5.41) is 13.9.